The Morgan fingerprint density at radius 2 is 1.53 bits per heavy atom. The van der Waals surface area contributed by atoms with Gasteiger partial charge in [-0.15, -0.1) is 0 Å². The lowest BCUT2D eigenvalue weighted by Gasteiger charge is -1.97. The van der Waals surface area contributed by atoms with Gasteiger partial charge in [-0.1, -0.05) is 30.3 Å². The largest absolute Gasteiger partial charge is 1.00 e. The summed E-state index contributed by atoms with van der Waals surface area (Å²) in [5, 5.41) is 0. The van der Waals surface area contributed by atoms with E-state index in [4.69, 9.17) is 0 Å². The second-order valence-corrected chi connectivity index (χ2v) is 6.52. The zero-order valence-electron chi connectivity index (χ0n) is 11.2. The average molecular weight is 320 g/mol. The number of hydrogen-bond acceptors (Lipinski definition) is 2. The third-order valence-electron chi connectivity index (χ3n) is 1.52. The van der Waals surface area contributed by atoms with Crippen molar-refractivity contribution in [3.63, 3.8) is 0 Å². The number of Topliss-reactive ketones (excluding diaryl/α,β-unsaturated/α-hetero) is 1. The molecule has 0 spiro atoms. The Hall–Kier alpha value is -0.320. The summed E-state index contributed by atoms with van der Waals surface area (Å²) in [6.07, 6.45) is 4.17. The van der Waals surface area contributed by atoms with Gasteiger partial charge in [0.05, 0.1) is 12.5 Å². The number of carbonyl (C=O) groups is 1. The normalized spacial score (nSPS) is 9.35. The Labute approximate surface area is 119 Å². The lowest BCUT2D eigenvalue weighted by atomic mass is 10.2. The second-order valence-electron chi connectivity index (χ2n) is 4.26. The van der Waals surface area contributed by atoms with Gasteiger partial charge in [0.1, 0.15) is 0 Å². The highest BCUT2D eigenvalue weighted by Crippen LogP contribution is 2.01. The van der Waals surface area contributed by atoms with Crippen LogP contribution in [0, 0.1) is 0 Å². The van der Waals surface area contributed by atoms with E-state index in [2.05, 4.69) is 12.5 Å². The zero-order chi connectivity index (χ0) is 12.6. The quantitative estimate of drug-likeness (QED) is 0.522. The van der Waals surface area contributed by atoms with Crippen molar-refractivity contribution in [1.82, 2.24) is 4.90 Å². The van der Waals surface area contributed by atoms with E-state index in [9.17, 15) is 4.79 Å². The van der Waals surface area contributed by atoms with E-state index >= 15 is 0 Å². The predicted octanol–water partition coefficient (Wildman–Crippen LogP) is -1.07. The predicted molar refractivity (Wildman–Crippen MR) is 74.5 cm³/mol. The van der Waals surface area contributed by atoms with Crippen LogP contribution in [-0.2, 0) is 10.9 Å². The third-order valence-corrected chi connectivity index (χ3v) is 2.36. The van der Waals surface area contributed by atoms with Crippen molar-refractivity contribution in [2.24, 2.45) is 0 Å². The van der Waals surface area contributed by atoms with Gasteiger partial charge in [-0.2, -0.15) is 0 Å². The number of halogens is 1. The van der Waals surface area contributed by atoms with Crippen molar-refractivity contribution in [2.75, 3.05) is 39.4 Å². The first kappa shape index (κ1) is 19.0. The summed E-state index contributed by atoms with van der Waals surface area (Å²) in [6.45, 7) is 0. The first-order valence-corrected chi connectivity index (χ1v) is 7.38. The SMILES string of the molecule is CN(C)C.C[S+](C)CC(=O)c1ccccc1.[Br-]. The summed E-state index contributed by atoms with van der Waals surface area (Å²) in [7, 11) is 6.20. The second kappa shape index (κ2) is 10.8. The van der Waals surface area contributed by atoms with Crippen LogP contribution in [0.25, 0.3) is 0 Å². The molecule has 1 rings (SSSR count). The maximum absolute atomic E-state index is 11.5. The Morgan fingerprint density at radius 1 is 1.12 bits per heavy atom. The lowest BCUT2D eigenvalue weighted by molar-refractivity contribution is -0.0000115. The minimum Gasteiger partial charge on any atom is -1.00 e. The molecule has 0 amide bonds. The molecule has 98 valence electrons. The number of carbonyl (C=O) groups excluding carboxylic acids is 1. The molecule has 0 atom stereocenters. The van der Waals surface area contributed by atoms with Gasteiger partial charge in [-0.05, 0) is 32.0 Å². The summed E-state index contributed by atoms with van der Waals surface area (Å²) in [6, 6.07) is 9.46. The Bertz CT molecular complexity index is 299. The van der Waals surface area contributed by atoms with Crippen LogP contribution in [0.3, 0.4) is 0 Å². The molecule has 0 saturated carbocycles. The van der Waals surface area contributed by atoms with Crippen molar-refractivity contribution in [3.05, 3.63) is 35.9 Å². The van der Waals surface area contributed by atoms with E-state index in [1.54, 1.807) is 0 Å². The Balaban J connectivity index is 0. The molecule has 0 aliphatic carbocycles. The standard InChI is InChI=1S/C10H13OS.C3H9N.BrH/c1-12(2)8-10(11)9-6-4-3-5-7-9;1-4(2)3;/h3-7H,8H2,1-2H3;1-3H3;1H/q+1;;/p-1. The van der Waals surface area contributed by atoms with Crippen molar-refractivity contribution >= 4 is 16.7 Å². The molecular weight excluding hydrogens is 298 g/mol. The van der Waals surface area contributed by atoms with Gasteiger partial charge < -0.3 is 21.9 Å². The fourth-order valence-corrected chi connectivity index (χ4v) is 1.66. The van der Waals surface area contributed by atoms with Crippen molar-refractivity contribution in [3.8, 4) is 0 Å². The Kier molecular flexibility index (Phi) is 12.1. The number of benzene rings is 1. The molecule has 1 aromatic carbocycles. The fourth-order valence-electron chi connectivity index (χ4n) is 0.970. The van der Waals surface area contributed by atoms with E-state index in [0.717, 1.165) is 5.56 Å². The molecule has 17 heavy (non-hydrogen) atoms. The molecular formula is C13H22BrNOS. The van der Waals surface area contributed by atoms with Crippen LogP contribution in [-0.4, -0.2) is 50.1 Å². The van der Waals surface area contributed by atoms with Gasteiger partial charge in [0, 0.05) is 5.56 Å². The number of rotatable bonds is 3. The zero-order valence-corrected chi connectivity index (χ0v) is 13.6. The fraction of sp³-hybridized carbons (Fsp3) is 0.462. The van der Waals surface area contributed by atoms with Crippen LogP contribution in [0.15, 0.2) is 30.3 Å². The lowest BCUT2D eigenvalue weighted by Crippen LogP contribution is -3.00. The van der Waals surface area contributed by atoms with Crippen LogP contribution < -0.4 is 17.0 Å². The molecule has 0 bridgehead atoms. The smallest absolute Gasteiger partial charge is 0.211 e. The highest BCUT2D eigenvalue weighted by molar-refractivity contribution is 7.96. The average Bonchev–Trinajstić information content (AvgIpc) is 2.17. The highest BCUT2D eigenvalue weighted by atomic mass is 79.9. The van der Waals surface area contributed by atoms with Gasteiger partial charge in [0.15, 0.2) is 5.75 Å². The Morgan fingerprint density at radius 3 is 1.88 bits per heavy atom. The minimum atomic E-state index is 0. The molecule has 0 aromatic heterocycles. The van der Waals surface area contributed by atoms with Crippen molar-refractivity contribution in [1.29, 1.82) is 0 Å². The molecule has 0 N–H and O–H groups in total. The van der Waals surface area contributed by atoms with E-state index in [-0.39, 0.29) is 33.7 Å². The molecule has 0 saturated heterocycles. The molecule has 0 unspecified atom stereocenters. The third kappa shape index (κ3) is 11.9. The number of hydrogen-bond donors (Lipinski definition) is 0. The molecule has 0 radical (unpaired) electrons. The molecule has 0 fully saturated rings. The maximum atomic E-state index is 11.5. The van der Waals surface area contributed by atoms with Gasteiger partial charge in [-0.3, -0.25) is 4.79 Å². The highest BCUT2D eigenvalue weighted by Gasteiger charge is 2.12. The maximum Gasteiger partial charge on any atom is 0.211 e. The molecule has 1 aromatic rings. The van der Waals surface area contributed by atoms with Crippen LogP contribution in [0.4, 0.5) is 0 Å². The minimum absolute atomic E-state index is 0. The van der Waals surface area contributed by atoms with Gasteiger partial charge >= 0.3 is 0 Å². The van der Waals surface area contributed by atoms with Crippen LogP contribution >= 0.6 is 0 Å². The van der Waals surface area contributed by atoms with Crippen LogP contribution in [0.2, 0.25) is 0 Å². The summed E-state index contributed by atoms with van der Waals surface area (Å²) in [4.78, 5) is 13.5. The van der Waals surface area contributed by atoms with Crippen LogP contribution in [0.5, 0.6) is 0 Å². The molecule has 2 nitrogen and oxygen atoms in total. The van der Waals surface area contributed by atoms with Crippen molar-refractivity contribution in [2.45, 2.75) is 0 Å². The number of ketones is 1. The summed E-state index contributed by atoms with van der Waals surface area (Å²) >= 11 is 0. The first-order valence-electron chi connectivity index (χ1n) is 5.17. The van der Waals surface area contributed by atoms with E-state index in [1.165, 1.54) is 0 Å². The monoisotopic (exact) mass is 319 g/mol. The van der Waals surface area contributed by atoms with Gasteiger partial charge in [0.2, 0.25) is 5.78 Å². The molecule has 0 aliphatic heterocycles. The van der Waals surface area contributed by atoms with E-state index < -0.39 is 0 Å². The first-order chi connectivity index (χ1) is 7.43. The topological polar surface area (TPSA) is 20.3 Å². The summed E-state index contributed by atoms with van der Waals surface area (Å²) < 4.78 is 0. The molecule has 0 aliphatic rings. The summed E-state index contributed by atoms with van der Waals surface area (Å²) in [5.74, 6) is 0.924. The van der Waals surface area contributed by atoms with Crippen molar-refractivity contribution < 1.29 is 21.8 Å². The molecule has 0 heterocycles. The van der Waals surface area contributed by atoms with Gasteiger partial charge in [-0.25, -0.2) is 0 Å². The van der Waals surface area contributed by atoms with Gasteiger partial charge in [0.25, 0.3) is 0 Å². The van der Waals surface area contributed by atoms with Crippen LogP contribution in [0.1, 0.15) is 10.4 Å². The van der Waals surface area contributed by atoms with E-state index in [0.29, 0.717) is 5.75 Å². The number of nitrogens with zero attached hydrogens (tertiary/aromatic N) is 1. The van der Waals surface area contributed by atoms with E-state index in [1.807, 2.05) is 56.4 Å². The summed E-state index contributed by atoms with van der Waals surface area (Å²) in [5.41, 5.74) is 0.832. The molecule has 4 heteroatoms.